The van der Waals surface area contributed by atoms with Crippen LogP contribution in [0.4, 0.5) is 5.82 Å². The molecule has 3 rings (SSSR count). The SMILES string of the molecule is CC1CN(c2ncnc3sccc23)C(C)CN1. The fraction of sp³-hybridized carbons (Fsp3) is 0.500. The minimum Gasteiger partial charge on any atom is -0.350 e. The molecule has 4 nitrogen and oxygen atoms in total. The summed E-state index contributed by atoms with van der Waals surface area (Å²) in [6, 6.07) is 3.11. The van der Waals surface area contributed by atoms with E-state index in [2.05, 4.69) is 45.5 Å². The van der Waals surface area contributed by atoms with E-state index in [0.717, 1.165) is 23.7 Å². The van der Waals surface area contributed by atoms with Crippen LogP contribution in [0.15, 0.2) is 17.8 Å². The maximum Gasteiger partial charge on any atom is 0.141 e. The fourth-order valence-corrected chi connectivity index (χ4v) is 3.05. The zero-order valence-corrected chi connectivity index (χ0v) is 10.9. The molecule has 0 saturated carbocycles. The second kappa shape index (κ2) is 4.23. The molecule has 0 aliphatic carbocycles. The van der Waals surface area contributed by atoms with Crippen molar-refractivity contribution in [1.29, 1.82) is 0 Å². The first-order valence-electron chi connectivity index (χ1n) is 5.94. The zero-order chi connectivity index (χ0) is 11.8. The molecule has 0 amide bonds. The highest BCUT2D eigenvalue weighted by Crippen LogP contribution is 2.28. The zero-order valence-electron chi connectivity index (χ0n) is 10.1. The van der Waals surface area contributed by atoms with Crippen molar-refractivity contribution >= 4 is 27.4 Å². The van der Waals surface area contributed by atoms with E-state index in [4.69, 9.17) is 0 Å². The van der Waals surface area contributed by atoms with E-state index < -0.39 is 0 Å². The van der Waals surface area contributed by atoms with Gasteiger partial charge in [0, 0.05) is 25.2 Å². The van der Waals surface area contributed by atoms with Crippen LogP contribution in [0.5, 0.6) is 0 Å². The van der Waals surface area contributed by atoms with Gasteiger partial charge in [0.15, 0.2) is 0 Å². The second-order valence-corrected chi connectivity index (χ2v) is 5.54. The van der Waals surface area contributed by atoms with Crippen molar-refractivity contribution in [1.82, 2.24) is 15.3 Å². The third-order valence-electron chi connectivity index (χ3n) is 3.28. The first kappa shape index (κ1) is 10.9. The monoisotopic (exact) mass is 248 g/mol. The molecular formula is C12H16N4S. The number of fused-ring (bicyclic) bond motifs is 1. The van der Waals surface area contributed by atoms with Crippen LogP contribution in [0.3, 0.4) is 0 Å². The van der Waals surface area contributed by atoms with Gasteiger partial charge in [0.05, 0.1) is 5.39 Å². The number of hydrogen-bond donors (Lipinski definition) is 1. The van der Waals surface area contributed by atoms with E-state index in [9.17, 15) is 0 Å². The van der Waals surface area contributed by atoms with Crippen LogP contribution in [0, 0.1) is 0 Å². The molecule has 90 valence electrons. The summed E-state index contributed by atoms with van der Waals surface area (Å²) in [5.41, 5.74) is 0. The summed E-state index contributed by atoms with van der Waals surface area (Å²) in [6.07, 6.45) is 1.67. The Hall–Kier alpha value is -1.20. The minimum atomic E-state index is 0.476. The Kier molecular flexibility index (Phi) is 2.72. The predicted octanol–water partition coefficient (Wildman–Crippen LogP) is 1.88. The van der Waals surface area contributed by atoms with Crippen LogP contribution in [0.1, 0.15) is 13.8 Å². The Morgan fingerprint density at radius 2 is 2.29 bits per heavy atom. The Balaban J connectivity index is 2.04. The highest BCUT2D eigenvalue weighted by molar-refractivity contribution is 7.16. The lowest BCUT2D eigenvalue weighted by atomic mass is 10.1. The van der Waals surface area contributed by atoms with Gasteiger partial charge in [0.1, 0.15) is 17.0 Å². The van der Waals surface area contributed by atoms with E-state index in [0.29, 0.717) is 12.1 Å². The number of anilines is 1. The van der Waals surface area contributed by atoms with E-state index in [1.54, 1.807) is 17.7 Å². The smallest absolute Gasteiger partial charge is 0.141 e. The average molecular weight is 248 g/mol. The summed E-state index contributed by atoms with van der Waals surface area (Å²) in [4.78, 5) is 12.3. The molecule has 3 heterocycles. The van der Waals surface area contributed by atoms with Crippen molar-refractivity contribution < 1.29 is 0 Å². The first-order chi connectivity index (χ1) is 8.25. The Bertz CT molecular complexity index is 524. The quantitative estimate of drug-likeness (QED) is 0.836. The summed E-state index contributed by atoms with van der Waals surface area (Å²) in [6.45, 7) is 6.46. The van der Waals surface area contributed by atoms with Crippen LogP contribution >= 0.6 is 11.3 Å². The third-order valence-corrected chi connectivity index (χ3v) is 4.10. The van der Waals surface area contributed by atoms with E-state index in [-0.39, 0.29) is 0 Å². The molecular weight excluding hydrogens is 232 g/mol. The number of rotatable bonds is 1. The first-order valence-corrected chi connectivity index (χ1v) is 6.82. The molecule has 1 aliphatic rings. The highest BCUT2D eigenvalue weighted by Gasteiger charge is 2.25. The molecule has 2 aromatic rings. The number of aromatic nitrogens is 2. The van der Waals surface area contributed by atoms with Crippen molar-refractivity contribution in [3.05, 3.63) is 17.8 Å². The Morgan fingerprint density at radius 1 is 1.41 bits per heavy atom. The standard InChI is InChI=1S/C12H16N4S/c1-8-6-16(9(2)5-13-8)11-10-3-4-17-12(10)15-7-14-11/h3-4,7-9,13H,5-6H2,1-2H3. The van der Waals surface area contributed by atoms with Gasteiger partial charge in [-0.2, -0.15) is 0 Å². The highest BCUT2D eigenvalue weighted by atomic mass is 32.1. The predicted molar refractivity (Wildman–Crippen MR) is 71.7 cm³/mol. The van der Waals surface area contributed by atoms with Crippen LogP contribution < -0.4 is 10.2 Å². The second-order valence-electron chi connectivity index (χ2n) is 4.65. The van der Waals surface area contributed by atoms with Crippen LogP contribution in [0.2, 0.25) is 0 Å². The lowest BCUT2D eigenvalue weighted by molar-refractivity contribution is 0.423. The van der Waals surface area contributed by atoms with Gasteiger partial charge in [0.2, 0.25) is 0 Å². The minimum absolute atomic E-state index is 0.476. The lowest BCUT2D eigenvalue weighted by Crippen LogP contribution is -2.54. The molecule has 0 radical (unpaired) electrons. The normalized spacial score (nSPS) is 25.4. The van der Waals surface area contributed by atoms with Crippen LogP contribution in [-0.2, 0) is 0 Å². The Labute approximate surface area is 105 Å². The lowest BCUT2D eigenvalue weighted by Gasteiger charge is -2.38. The molecule has 5 heteroatoms. The largest absolute Gasteiger partial charge is 0.350 e. The number of nitrogens with one attached hydrogen (secondary N) is 1. The summed E-state index contributed by atoms with van der Waals surface area (Å²) in [5.74, 6) is 1.08. The third kappa shape index (κ3) is 1.89. The van der Waals surface area contributed by atoms with Crippen molar-refractivity contribution in [2.45, 2.75) is 25.9 Å². The summed E-state index contributed by atoms with van der Waals surface area (Å²) >= 11 is 1.67. The van der Waals surface area contributed by atoms with Crippen LogP contribution in [-0.4, -0.2) is 35.1 Å². The van der Waals surface area contributed by atoms with Crippen molar-refractivity contribution in [3.8, 4) is 0 Å². The molecule has 2 aromatic heterocycles. The molecule has 1 fully saturated rings. The van der Waals surface area contributed by atoms with E-state index in [1.165, 1.54) is 5.39 Å². The maximum absolute atomic E-state index is 4.48. The van der Waals surface area contributed by atoms with Crippen molar-refractivity contribution in [3.63, 3.8) is 0 Å². The molecule has 2 unspecified atom stereocenters. The molecule has 1 saturated heterocycles. The molecule has 2 atom stereocenters. The molecule has 0 aromatic carbocycles. The Morgan fingerprint density at radius 3 is 3.18 bits per heavy atom. The number of nitrogens with zero attached hydrogens (tertiary/aromatic N) is 3. The summed E-state index contributed by atoms with van der Waals surface area (Å²) in [5, 5.41) is 6.75. The van der Waals surface area contributed by atoms with Gasteiger partial charge in [-0.25, -0.2) is 9.97 Å². The molecule has 0 spiro atoms. The van der Waals surface area contributed by atoms with Crippen molar-refractivity contribution in [2.24, 2.45) is 0 Å². The van der Waals surface area contributed by atoms with Gasteiger partial charge in [0.25, 0.3) is 0 Å². The molecule has 17 heavy (non-hydrogen) atoms. The molecule has 0 bridgehead atoms. The number of thiophene rings is 1. The van der Waals surface area contributed by atoms with Crippen LogP contribution in [0.25, 0.3) is 10.2 Å². The maximum atomic E-state index is 4.48. The van der Waals surface area contributed by atoms with Gasteiger partial charge >= 0.3 is 0 Å². The molecule has 1 aliphatic heterocycles. The number of piperazine rings is 1. The summed E-state index contributed by atoms with van der Waals surface area (Å²) < 4.78 is 0. The topological polar surface area (TPSA) is 41.1 Å². The summed E-state index contributed by atoms with van der Waals surface area (Å²) in [7, 11) is 0. The number of hydrogen-bond acceptors (Lipinski definition) is 5. The van der Waals surface area contributed by atoms with E-state index >= 15 is 0 Å². The van der Waals surface area contributed by atoms with Gasteiger partial charge in [-0.15, -0.1) is 11.3 Å². The fourth-order valence-electron chi connectivity index (χ4n) is 2.32. The van der Waals surface area contributed by atoms with Gasteiger partial charge in [-0.1, -0.05) is 0 Å². The van der Waals surface area contributed by atoms with E-state index in [1.807, 2.05) is 0 Å². The van der Waals surface area contributed by atoms with Gasteiger partial charge in [-0.3, -0.25) is 0 Å². The van der Waals surface area contributed by atoms with Gasteiger partial charge in [-0.05, 0) is 25.3 Å². The molecule has 1 N–H and O–H groups in total. The average Bonchev–Trinajstić information content (AvgIpc) is 2.80. The van der Waals surface area contributed by atoms with Gasteiger partial charge < -0.3 is 10.2 Å². The van der Waals surface area contributed by atoms with Crippen molar-refractivity contribution in [2.75, 3.05) is 18.0 Å².